The van der Waals surface area contributed by atoms with Gasteiger partial charge in [-0.15, -0.1) is 0 Å². The Balaban J connectivity index is 2.53. The van der Waals surface area contributed by atoms with Crippen LogP contribution in [0.1, 0.15) is 25.8 Å². The molecular weight excluding hydrogens is 216 g/mol. The predicted molar refractivity (Wildman–Crippen MR) is 65.6 cm³/mol. The highest BCUT2D eigenvalue weighted by Crippen LogP contribution is 2.13. The minimum Gasteiger partial charge on any atom is -0.458 e. The first-order valence-electron chi connectivity index (χ1n) is 5.83. The topological polar surface area (TPSA) is 43.4 Å². The van der Waals surface area contributed by atoms with Crippen LogP contribution >= 0.6 is 0 Å². The predicted octanol–water partition coefficient (Wildman–Crippen LogP) is 2.39. The number of benzene rings is 1. The van der Waals surface area contributed by atoms with Gasteiger partial charge in [0.25, 0.3) is 0 Å². The zero-order valence-corrected chi connectivity index (χ0v) is 10.3. The highest BCUT2D eigenvalue weighted by atomic mass is 16.5. The van der Waals surface area contributed by atoms with Gasteiger partial charge in [-0.3, -0.25) is 9.59 Å². The summed E-state index contributed by atoms with van der Waals surface area (Å²) in [6.45, 7) is 3.17. The summed E-state index contributed by atoms with van der Waals surface area (Å²) in [6.07, 6.45) is 1.46. The van der Waals surface area contributed by atoms with E-state index in [1.807, 2.05) is 37.3 Å². The largest absolute Gasteiger partial charge is 0.458 e. The fourth-order valence-corrected chi connectivity index (χ4v) is 1.68. The zero-order chi connectivity index (χ0) is 12.7. The van der Waals surface area contributed by atoms with Crippen LogP contribution in [-0.4, -0.2) is 18.4 Å². The Morgan fingerprint density at radius 3 is 2.41 bits per heavy atom. The van der Waals surface area contributed by atoms with E-state index in [2.05, 4.69) is 0 Å². The van der Waals surface area contributed by atoms with Crippen LogP contribution in [0.15, 0.2) is 30.3 Å². The Kier molecular flexibility index (Phi) is 5.40. The molecule has 1 rings (SSSR count). The Morgan fingerprint density at radius 1 is 1.24 bits per heavy atom. The Morgan fingerprint density at radius 2 is 1.88 bits per heavy atom. The fourth-order valence-electron chi connectivity index (χ4n) is 1.68. The van der Waals surface area contributed by atoms with Crippen LogP contribution in [0.2, 0.25) is 0 Å². The van der Waals surface area contributed by atoms with Crippen molar-refractivity contribution >= 4 is 11.8 Å². The van der Waals surface area contributed by atoms with Gasteiger partial charge in [0.05, 0.1) is 0 Å². The molecule has 0 aliphatic rings. The molecule has 0 fully saturated rings. The molecule has 92 valence electrons. The van der Waals surface area contributed by atoms with Crippen molar-refractivity contribution < 1.29 is 14.3 Å². The second kappa shape index (κ2) is 6.84. The number of hydrogen-bond acceptors (Lipinski definition) is 3. The summed E-state index contributed by atoms with van der Waals surface area (Å²) in [5.41, 5.74) is 1.13. The molecule has 0 aliphatic carbocycles. The molecule has 0 spiro atoms. The molecule has 0 aliphatic heterocycles. The molecule has 0 saturated heterocycles. The van der Waals surface area contributed by atoms with Crippen molar-refractivity contribution in [2.45, 2.75) is 26.7 Å². The van der Waals surface area contributed by atoms with Crippen LogP contribution in [-0.2, 0) is 20.7 Å². The third kappa shape index (κ3) is 4.81. The first-order chi connectivity index (χ1) is 8.13. The van der Waals surface area contributed by atoms with Gasteiger partial charge in [0, 0.05) is 12.8 Å². The van der Waals surface area contributed by atoms with E-state index in [4.69, 9.17) is 4.74 Å². The van der Waals surface area contributed by atoms with Crippen LogP contribution in [0.5, 0.6) is 0 Å². The van der Waals surface area contributed by atoms with Crippen LogP contribution < -0.4 is 0 Å². The van der Waals surface area contributed by atoms with Crippen molar-refractivity contribution in [3.05, 3.63) is 35.9 Å². The standard InChI is InChI=1S/C14H18O3/c1-3-13(14(16)10-17-11(2)15)9-12-7-5-4-6-8-12/h4-8,13H,3,9-10H2,1-2H3. The molecule has 1 unspecified atom stereocenters. The molecule has 1 atom stereocenters. The van der Waals surface area contributed by atoms with Gasteiger partial charge in [-0.2, -0.15) is 0 Å². The number of carbonyl (C=O) groups excluding carboxylic acids is 2. The summed E-state index contributed by atoms with van der Waals surface area (Å²) < 4.78 is 4.74. The molecule has 1 aromatic carbocycles. The minimum absolute atomic E-state index is 0.00782. The summed E-state index contributed by atoms with van der Waals surface area (Å²) >= 11 is 0. The Bertz CT molecular complexity index is 370. The fraction of sp³-hybridized carbons (Fsp3) is 0.429. The summed E-state index contributed by atoms with van der Waals surface area (Å²) in [6, 6.07) is 9.87. The van der Waals surface area contributed by atoms with Gasteiger partial charge in [0.1, 0.15) is 6.61 Å². The molecule has 3 heteroatoms. The van der Waals surface area contributed by atoms with Crippen LogP contribution in [0.4, 0.5) is 0 Å². The van der Waals surface area contributed by atoms with Crippen molar-refractivity contribution in [3.63, 3.8) is 0 Å². The normalized spacial score (nSPS) is 11.9. The lowest BCUT2D eigenvalue weighted by Gasteiger charge is -2.13. The number of hydrogen-bond donors (Lipinski definition) is 0. The van der Waals surface area contributed by atoms with Gasteiger partial charge in [0.15, 0.2) is 5.78 Å². The molecule has 3 nitrogen and oxygen atoms in total. The molecule has 0 bridgehead atoms. The average Bonchev–Trinajstić information content (AvgIpc) is 2.34. The molecule has 0 radical (unpaired) electrons. The van der Waals surface area contributed by atoms with E-state index in [9.17, 15) is 9.59 Å². The molecule has 0 N–H and O–H groups in total. The van der Waals surface area contributed by atoms with E-state index in [1.165, 1.54) is 6.92 Å². The van der Waals surface area contributed by atoms with E-state index in [0.717, 1.165) is 12.0 Å². The maximum absolute atomic E-state index is 11.8. The van der Waals surface area contributed by atoms with Gasteiger partial charge >= 0.3 is 5.97 Å². The monoisotopic (exact) mass is 234 g/mol. The van der Waals surface area contributed by atoms with Gasteiger partial charge in [-0.05, 0) is 18.4 Å². The lowest BCUT2D eigenvalue weighted by atomic mass is 9.93. The number of ether oxygens (including phenoxy) is 1. The quantitative estimate of drug-likeness (QED) is 0.710. The van der Waals surface area contributed by atoms with E-state index in [0.29, 0.717) is 6.42 Å². The number of esters is 1. The smallest absolute Gasteiger partial charge is 0.303 e. The molecule has 0 amide bonds. The maximum Gasteiger partial charge on any atom is 0.303 e. The molecule has 0 heterocycles. The van der Waals surface area contributed by atoms with E-state index in [1.54, 1.807) is 0 Å². The molecule has 1 aromatic rings. The lowest BCUT2D eigenvalue weighted by molar-refractivity contribution is -0.146. The van der Waals surface area contributed by atoms with E-state index in [-0.39, 0.29) is 18.3 Å². The molecular formula is C14H18O3. The SMILES string of the molecule is CCC(Cc1ccccc1)C(=O)COC(C)=O. The van der Waals surface area contributed by atoms with Crippen molar-refractivity contribution in [2.75, 3.05) is 6.61 Å². The second-order valence-corrected chi connectivity index (χ2v) is 4.04. The van der Waals surface area contributed by atoms with Crippen molar-refractivity contribution in [2.24, 2.45) is 5.92 Å². The number of carbonyl (C=O) groups is 2. The van der Waals surface area contributed by atoms with Gasteiger partial charge in [0.2, 0.25) is 0 Å². The van der Waals surface area contributed by atoms with E-state index >= 15 is 0 Å². The Hall–Kier alpha value is -1.64. The highest BCUT2D eigenvalue weighted by Gasteiger charge is 2.17. The first kappa shape index (κ1) is 13.4. The van der Waals surface area contributed by atoms with Crippen LogP contribution in [0.25, 0.3) is 0 Å². The molecule has 0 saturated carbocycles. The van der Waals surface area contributed by atoms with Gasteiger partial charge in [-0.1, -0.05) is 37.3 Å². The molecule has 17 heavy (non-hydrogen) atoms. The lowest BCUT2D eigenvalue weighted by Crippen LogP contribution is -2.22. The van der Waals surface area contributed by atoms with Crippen molar-refractivity contribution in [1.29, 1.82) is 0 Å². The zero-order valence-electron chi connectivity index (χ0n) is 10.3. The summed E-state index contributed by atoms with van der Waals surface area (Å²) in [5, 5.41) is 0. The maximum atomic E-state index is 11.8. The number of ketones is 1. The van der Waals surface area contributed by atoms with Crippen LogP contribution in [0, 0.1) is 5.92 Å². The summed E-state index contributed by atoms with van der Waals surface area (Å²) in [5.74, 6) is -0.490. The van der Waals surface area contributed by atoms with Crippen molar-refractivity contribution in [1.82, 2.24) is 0 Å². The Labute approximate surface area is 102 Å². The third-order valence-corrected chi connectivity index (χ3v) is 2.69. The number of rotatable bonds is 6. The summed E-state index contributed by atoms with van der Waals surface area (Å²) in [7, 11) is 0. The first-order valence-corrected chi connectivity index (χ1v) is 5.83. The second-order valence-electron chi connectivity index (χ2n) is 4.04. The third-order valence-electron chi connectivity index (χ3n) is 2.69. The average molecular weight is 234 g/mol. The minimum atomic E-state index is -0.409. The van der Waals surface area contributed by atoms with Crippen molar-refractivity contribution in [3.8, 4) is 0 Å². The van der Waals surface area contributed by atoms with E-state index < -0.39 is 5.97 Å². The number of Topliss-reactive ketones (excluding diaryl/α,β-unsaturated/α-hetero) is 1. The van der Waals surface area contributed by atoms with Gasteiger partial charge < -0.3 is 4.74 Å². The van der Waals surface area contributed by atoms with Crippen LogP contribution in [0.3, 0.4) is 0 Å². The van der Waals surface area contributed by atoms with Gasteiger partial charge in [-0.25, -0.2) is 0 Å². The molecule has 0 aromatic heterocycles. The highest BCUT2D eigenvalue weighted by molar-refractivity contribution is 5.84. The summed E-state index contributed by atoms with van der Waals surface area (Å²) in [4.78, 5) is 22.4.